The summed E-state index contributed by atoms with van der Waals surface area (Å²) in [4.78, 5) is 36.5. The molecule has 0 bridgehead atoms. The zero-order valence-electron chi connectivity index (χ0n) is 15.8. The number of fused-ring (bicyclic) bond motifs is 1. The van der Waals surface area contributed by atoms with Gasteiger partial charge in [0.25, 0.3) is 0 Å². The predicted octanol–water partition coefficient (Wildman–Crippen LogP) is 1.93. The first-order valence-electron chi connectivity index (χ1n) is 8.92. The molecule has 0 spiro atoms. The molecule has 0 aliphatic carbocycles. The summed E-state index contributed by atoms with van der Waals surface area (Å²) in [5, 5.41) is 26.2. The molecule has 9 nitrogen and oxygen atoms in total. The number of phenolic OH excluding ortho intramolecular Hbond substituents is 2. The summed E-state index contributed by atoms with van der Waals surface area (Å²) in [6.07, 6.45) is 0. The number of phenols is 2. The van der Waals surface area contributed by atoms with Gasteiger partial charge in [0.2, 0.25) is 0 Å². The molecular formula is C20H20N2O7. The predicted molar refractivity (Wildman–Crippen MR) is 102 cm³/mol. The van der Waals surface area contributed by atoms with Crippen molar-refractivity contribution in [1.82, 2.24) is 10.6 Å². The van der Waals surface area contributed by atoms with Crippen molar-refractivity contribution in [3.8, 4) is 11.5 Å². The van der Waals surface area contributed by atoms with Gasteiger partial charge in [-0.2, -0.15) is 0 Å². The van der Waals surface area contributed by atoms with Crippen molar-refractivity contribution < 1.29 is 34.1 Å². The number of hydrogen-bond acceptors (Lipinski definition) is 7. The maximum Gasteiger partial charge on any atom is 0.342 e. The van der Waals surface area contributed by atoms with Gasteiger partial charge >= 0.3 is 18.0 Å². The number of hydrogen-bond donors (Lipinski definition) is 4. The van der Waals surface area contributed by atoms with Crippen molar-refractivity contribution in [3.63, 3.8) is 0 Å². The Balaban J connectivity index is 1.88. The van der Waals surface area contributed by atoms with Crippen LogP contribution in [0.2, 0.25) is 0 Å². The van der Waals surface area contributed by atoms with Crippen molar-refractivity contribution >= 4 is 28.7 Å². The highest BCUT2D eigenvalue weighted by atomic mass is 16.5. The monoisotopic (exact) mass is 400 g/mol. The van der Waals surface area contributed by atoms with Crippen molar-refractivity contribution in [2.45, 2.75) is 19.9 Å². The molecule has 1 atom stereocenters. The van der Waals surface area contributed by atoms with Gasteiger partial charge in [-0.1, -0.05) is 24.3 Å². The Labute approximate surface area is 165 Å². The molecule has 29 heavy (non-hydrogen) atoms. The Bertz CT molecular complexity index is 1030. The first-order chi connectivity index (χ1) is 13.8. The fourth-order valence-corrected chi connectivity index (χ4v) is 3.11. The minimum Gasteiger partial charge on any atom is -0.507 e. The summed E-state index contributed by atoms with van der Waals surface area (Å²) >= 11 is 0. The Kier molecular flexibility index (Phi) is 5.58. The van der Waals surface area contributed by atoms with Crippen LogP contribution in [0.1, 0.15) is 24.2 Å². The fourth-order valence-electron chi connectivity index (χ4n) is 3.11. The highest BCUT2D eigenvalue weighted by Gasteiger charge is 2.30. The van der Waals surface area contributed by atoms with Crippen LogP contribution >= 0.6 is 0 Å². The van der Waals surface area contributed by atoms with E-state index in [1.807, 2.05) is 0 Å². The smallest absolute Gasteiger partial charge is 0.342 e. The van der Waals surface area contributed by atoms with Crippen molar-refractivity contribution in [3.05, 3.63) is 47.2 Å². The van der Waals surface area contributed by atoms with E-state index in [0.717, 1.165) is 6.07 Å². The molecule has 4 N–H and O–H groups in total. The Hall–Kier alpha value is -3.75. The number of esters is 2. The minimum absolute atomic E-state index is 0.0811. The number of nitrogens with one attached hydrogen (secondary N) is 2. The molecule has 0 saturated heterocycles. The van der Waals surface area contributed by atoms with Gasteiger partial charge in [-0.15, -0.1) is 0 Å². The third kappa shape index (κ3) is 3.93. The Morgan fingerprint density at radius 3 is 2.48 bits per heavy atom. The van der Waals surface area contributed by atoms with Crippen LogP contribution in [0.5, 0.6) is 11.5 Å². The first kappa shape index (κ1) is 20.0. The van der Waals surface area contributed by atoms with E-state index in [9.17, 15) is 24.6 Å². The second-order valence-electron chi connectivity index (χ2n) is 6.35. The zero-order chi connectivity index (χ0) is 21.1. The second kappa shape index (κ2) is 8.09. The van der Waals surface area contributed by atoms with Crippen LogP contribution in [0.4, 0.5) is 4.79 Å². The van der Waals surface area contributed by atoms with Gasteiger partial charge in [0.1, 0.15) is 23.7 Å². The second-order valence-corrected chi connectivity index (χ2v) is 6.35. The standard InChI is InChI=1S/C20H20N2O7/c1-3-28-19(26)16-10(2)21-20(27)22-14(16)9-29-18(25)13-8-15(23)11-6-4-5-7-12(11)17(13)24/h4-8,10,23-24H,3,9H2,1-2H3,(H2,21,22,27)/t10-/m0/s1. The molecule has 2 aromatic rings. The topological polar surface area (TPSA) is 134 Å². The van der Waals surface area contributed by atoms with Crippen molar-refractivity contribution in [1.29, 1.82) is 0 Å². The number of carbonyl (C=O) groups is 3. The van der Waals surface area contributed by atoms with Crippen LogP contribution in [0, 0.1) is 0 Å². The molecule has 0 fully saturated rings. The van der Waals surface area contributed by atoms with E-state index in [1.165, 1.54) is 0 Å². The van der Waals surface area contributed by atoms with Crippen LogP contribution in [-0.2, 0) is 14.3 Å². The molecule has 0 radical (unpaired) electrons. The lowest BCUT2D eigenvalue weighted by atomic mass is 10.0. The molecule has 1 aliphatic heterocycles. The lowest BCUT2D eigenvalue weighted by molar-refractivity contribution is -0.139. The fraction of sp³-hybridized carbons (Fsp3) is 0.250. The maximum absolute atomic E-state index is 12.5. The molecule has 1 heterocycles. The van der Waals surface area contributed by atoms with Crippen LogP contribution in [-0.4, -0.2) is 47.4 Å². The number of rotatable bonds is 5. The van der Waals surface area contributed by atoms with E-state index in [4.69, 9.17) is 9.47 Å². The van der Waals surface area contributed by atoms with E-state index in [0.29, 0.717) is 5.39 Å². The summed E-state index contributed by atoms with van der Waals surface area (Å²) in [7, 11) is 0. The van der Waals surface area contributed by atoms with E-state index < -0.39 is 30.6 Å². The molecule has 9 heteroatoms. The largest absolute Gasteiger partial charge is 0.507 e. The third-order valence-corrected chi connectivity index (χ3v) is 4.43. The van der Waals surface area contributed by atoms with E-state index >= 15 is 0 Å². The number of benzene rings is 2. The zero-order valence-corrected chi connectivity index (χ0v) is 15.8. The molecular weight excluding hydrogens is 380 g/mol. The molecule has 2 aromatic carbocycles. The van der Waals surface area contributed by atoms with E-state index in [2.05, 4.69) is 10.6 Å². The lowest BCUT2D eigenvalue weighted by Crippen LogP contribution is -2.50. The number of carbonyl (C=O) groups excluding carboxylic acids is 3. The van der Waals surface area contributed by atoms with E-state index in [-0.39, 0.29) is 40.3 Å². The molecule has 0 aromatic heterocycles. The quantitative estimate of drug-likeness (QED) is 0.445. The highest BCUT2D eigenvalue weighted by Crippen LogP contribution is 2.35. The molecule has 2 amide bonds. The molecule has 3 rings (SSSR count). The summed E-state index contributed by atoms with van der Waals surface area (Å²) in [6, 6.07) is 6.39. The van der Waals surface area contributed by atoms with Gasteiger partial charge in [-0.05, 0) is 19.9 Å². The summed E-state index contributed by atoms with van der Waals surface area (Å²) in [5.74, 6) is -2.12. The Morgan fingerprint density at radius 1 is 1.10 bits per heavy atom. The number of ether oxygens (including phenoxy) is 2. The number of urea groups is 1. The average Bonchev–Trinajstić information content (AvgIpc) is 2.68. The van der Waals surface area contributed by atoms with Crippen molar-refractivity contribution in [2.75, 3.05) is 13.2 Å². The molecule has 0 saturated carbocycles. The highest BCUT2D eigenvalue weighted by molar-refractivity contribution is 6.03. The summed E-state index contributed by atoms with van der Waals surface area (Å²) < 4.78 is 10.2. The van der Waals surface area contributed by atoms with Gasteiger partial charge in [0, 0.05) is 10.8 Å². The van der Waals surface area contributed by atoms with Crippen molar-refractivity contribution in [2.24, 2.45) is 0 Å². The van der Waals surface area contributed by atoms with E-state index in [1.54, 1.807) is 38.1 Å². The molecule has 0 unspecified atom stereocenters. The van der Waals surface area contributed by atoms with Gasteiger partial charge in [0.05, 0.1) is 23.9 Å². The first-order valence-corrected chi connectivity index (χ1v) is 8.92. The molecule has 152 valence electrons. The van der Waals surface area contributed by atoms with Gasteiger partial charge in [-0.3, -0.25) is 0 Å². The van der Waals surface area contributed by atoms with Crippen LogP contribution < -0.4 is 10.6 Å². The SMILES string of the molecule is CCOC(=O)C1=C(COC(=O)c2cc(O)c3ccccc3c2O)NC(=O)N[C@H]1C. The van der Waals surface area contributed by atoms with Gasteiger partial charge < -0.3 is 30.3 Å². The lowest BCUT2D eigenvalue weighted by Gasteiger charge is -2.26. The van der Waals surface area contributed by atoms with Gasteiger partial charge in [0.15, 0.2) is 0 Å². The Morgan fingerprint density at radius 2 is 1.79 bits per heavy atom. The maximum atomic E-state index is 12.5. The van der Waals surface area contributed by atoms with Crippen LogP contribution in [0.15, 0.2) is 41.6 Å². The average molecular weight is 400 g/mol. The normalized spacial score (nSPS) is 16.2. The van der Waals surface area contributed by atoms with Gasteiger partial charge in [-0.25, -0.2) is 14.4 Å². The number of amides is 2. The van der Waals surface area contributed by atoms with Crippen LogP contribution in [0.25, 0.3) is 10.8 Å². The van der Waals surface area contributed by atoms with Crippen LogP contribution in [0.3, 0.4) is 0 Å². The number of aromatic hydroxyl groups is 2. The summed E-state index contributed by atoms with van der Waals surface area (Å²) in [5.41, 5.74) is -0.0322. The molecule has 1 aliphatic rings. The minimum atomic E-state index is -0.931. The summed E-state index contributed by atoms with van der Waals surface area (Å²) in [6.45, 7) is 2.95. The third-order valence-electron chi connectivity index (χ3n) is 4.43.